The minimum atomic E-state index is -4.52. The van der Waals surface area contributed by atoms with E-state index in [9.17, 15) is 18.0 Å². The highest BCUT2D eigenvalue weighted by molar-refractivity contribution is 7.98. The number of hydrogen-bond acceptors (Lipinski definition) is 3. The van der Waals surface area contributed by atoms with Gasteiger partial charge in [-0.1, -0.05) is 11.6 Å². The van der Waals surface area contributed by atoms with Crippen molar-refractivity contribution in [3.8, 4) is 5.82 Å². The van der Waals surface area contributed by atoms with Gasteiger partial charge in [0.2, 0.25) is 0 Å². The van der Waals surface area contributed by atoms with E-state index in [1.165, 1.54) is 0 Å². The van der Waals surface area contributed by atoms with Gasteiger partial charge >= 0.3 is 6.18 Å². The van der Waals surface area contributed by atoms with Crippen LogP contribution in [-0.2, 0) is 17.7 Å². The Bertz CT molecular complexity index is 737. The number of aromatic amines is 1. The lowest BCUT2D eigenvalue weighted by Gasteiger charge is -2.09. The lowest BCUT2D eigenvalue weighted by Crippen LogP contribution is -2.19. The van der Waals surface area contributed by atoms with Gasteiger partial charge in [0, 0.05) is 17.7 Å². The zero-order chi connectivity index (χ0) is 14.5. The molecule has 0 aromatic carbocycles. The first-order chi connectivity index (χ1) is 9.38. The highest BCUT2D eigenvalue weighted by Gasteiger charge is 2.32. The topological polar surface area (TPSA) is 50.7 Å². The predicted octanol–water partition coefficient (Wildman–Crippen LogP) is 2.98. The predicted molar refractivity (Wildman–Crippen MR) is 69.2 cm³/mol. The van der Waals surface area contributed by atoms with E-state index >= 15 is 0 Å². The van der Waals surface area contributed by atoms with Crippen LogP contribution >= 0.6 is 23.4 Å². The number of aromatic nitrogens is 3. The molecule has 0 bridgehead atoms. The van der Waals surface area contributed by atoms with E-state index < -0.39 is 11.7 Å². The maximum atomic E-state index is 12.5. The van der Waals surface area contributed by atoms with Crippen LogP contribution in [0.2, 0.25) is 5.02 Å². The molecule has 1 aliphatic rings. The molecule has 0 spiro atoms. The van der Waals surface area contributed by atoms with Crippen molar-refractivity contribution < 1.29 is 13.2 Å². The SMILES string of the molecule is O=c1c2c([nH]n1-c1ncc(C(F)(F)F)cc1Cl)CSC2. The van der Waals surface area contributed by atoms with Crippen LogP contribution in [0.4, 0.5) is 13.2 Å². The number of alkyl halides is 3. The zero-order valence-electron chi connectivity index (χ0n) is 9.79. The number of thioether (sulfide) groups is 1. The number of fused-ring (bicyclic) bond motifs is 1. The van der Waals surface area contributed by atoms with Gasteiger partial charge in [0.25, 0.3) is 5.56 Å². The molecule has 0 amide bonds. The fourth-order valence-corrected chi connectivity index (χ4v) is 3.24. The van der Waals surface area contributed by atoms with Crippen molar-refractivity contribution in [3.05, 3.63) is 44.5 Å². The quantitative estimate of drug-likeness (QED) is 0.878. The van der Waals surface area contributed by atoms with Crippen LogP contribution in [0.5, 0.6) is 0 Å². The van der Waals surface area contributed by atoms with Crippen molar-refractivity contribution in [1.82, 2.24) is 14.8 Å². The molecule has 106 valence electrons. The van der Waals surface area contributed by atoms with Gasteiger partial charge in [-0.05, 0) is 6.07 Å². The second-order valence-corrected chi connectivity index (χ2v) is 5.62. The van der Waals surface area contributed by atoms with Gasteiger partial charge in [0.05, 0.1) is 21.8 Å². The molecule has 0 fully saturated rings. The van der Waals surface area contributed by atoms with Crippen molar-refractivity contribution in [3.63, 3.8) is 0 Å². The van der Waals surface area contributed by atoms with Crippen LogP contribution in [0, 0.1) is 0 Å². The van der Waals surface area contributed by atoms with Gasteiger partial charge in [-0.15, -0.1) is 0 Å². The summed E-state index contributed by atoms with van der Waals surface area (Å²) < 4.78 is 38.7. The van der Waals surface area contributed by atoms with E-state index in [1.54, 1.807) is 11.8 Å². The standard InChI is InChI=1S/C11H7ClF3N3OS/c12-7-1-5(11(13,14)15)2-16-9(7)18-10(19)6-3-20-4-8(6)17-18/h1-2,17H,3-4H2. The van der Waals surface area contributed by atoms with E-state index in [2.05, 4.69) is 10.1 Å². The maximum Gasteiger partial charge on any atom is 0.417 e. The summed E-state index contributed by atoms with van der Waals surface area (Å²) in [4.78, 5) is 15.8. The largest absolute Gasteiger partial charge is 0.417 e. The van der Waals surface area contributed by atoms with Crippen LogP contribution in [-0.4, -0.2) is 14.8 Å². The number of halogens is 4. The third-order valence-corrected chi connectivity index (χ3v) is 4.19. The number of nitrogens with zero attached hydrogens (tertiary/aromatic N) is 2. The van der Waals surface area contributed by atoms with Gasteiger partial charge in [-0.25, -0.2) is 4.98 Å². The molecule has 1 aliphatic heterocycles. The Morgan fingerprint density at radius 2 is 2.15 bits per heavy atom. The second kappa shape index (κ2) is 4.56. The molecule has 9 heteroatoms. The Kier molecular flexibility index (Phi) is 3.09. The number of nitrogens with one attached hydrogen (secondary N) is 1. The molecule has 2 aromatic heterocycles. The first kappa shape index (κ1) is 13.6. The summed E-state index contributed by atoms with van der Waals surface area (Å²) in [7, 11) is 0. The molecule has 4 nitrogen and oxygen atoms in total. The fraction of sp³-hybridized carbons (Fsp3) is 0.273. The summed E-state index contributed by atoms with van der Waals surface area (Å²) in [5, 5.41) is 2.61. The molecule has 0 radical (unpaired) electrons. The average molecular weight is 322 g/mol. The van der Waals surface area contributed by atoms with Gasteiger partial charge < -0.3 is 0 Å². The van der Waals surface area contributed by atoms with Crippen LogP contribution < -0.4 is 5.56 Å². The molecule has 0 aliphatic carbocycles. The highest BCUT2D eigenvalue weighted by atomic mass is 35.5. The van der Waals surface area contributed by atoms with Crippen LogP contribution in [0.1, 0.15) is 16.8 Å². The third-order valence-electron chi connectivity index (χ3n) is 2.93. The molecular weight excluding hydrogens is 315 g/mol. The summed E-state index contributed by atoms with van der Waals surface area (Å²) in [5.41, 5.74) is 0.110. The summed E-state index contributed by atoms with van der Waals surface area (Å²) >= 11 is 7.41. The van der Waals surface area contributed by atoms with E-state index in [0.29, 0.717) is 23.3 Å². The normalized spacial score (nSPS) is 14.6. The minimum absolute atomic E-state index is 0.0240. The van der Waals surface area contributed by atoms with Crippen molar-refractivity contribution in [2.24, 2.45) is 0 Å². The molecule has 2 aromatic rings. The van der Waals surface area contributed by atoms with Crippen molar-refractivity contribution in [2.45, 2.75) is 17.7 Å². The van der Waals surface area contributed by atoms with Crippen molar-refractivity contribution in [1.29, 1.82) is 0 Å². The monoisotopic (exact) mass is 321 g/mol. The summed E-state index contributed by atoms with van der Waals surface area (Å²) in [6.45, 7) is 0. The Balaban J connectivity index is 2.10. The van der Waals surface area contributed by atoms with Crippen LogP contribution in [0.25, 0.3) is 5.82 Å². The molecule has 3 rings (SSSR count). The zero-order valence-corrected chi connectivity index (χ0v) is 11.4. The Labute approximate surface area is 119 Å². The number of pyridine rings is 1. The molecule has 0 saturated carbocycles. The molecule has 0 atom stereocenters. The fourth-order valence-electron chi connectivity index (χ4n) is 1.94. The first-order valence-electron chi connectivity index (χ1n) is 5.51. The smallest absolute Gasteiger partial charge is 0.292 e. The van der Waals surface area contributed by atoms with Crippen LogP contribution in [0.15, 0.2) is 17.1 Å². The van der Waals surface area contributed by atoms with Gasteiger partial charge in [-0.3, -0.25) is 9.89 Å². The van der Waals surface area contributed by atoms with Gasteiger partial charge in [0.1, 0.15) is 0 Å². The van der Waals surface area contributed by atoms with E-state index in [4.69, 9.17) is 11.6 Å². The second-order valence-electron chi connectivity index (χ2n) is 4.23. The van der Waals surface area contributed by atoms with Crippen molar-refractivity contribution in [2.75, 3.05) is 0 Å². The highest BCUT2D eigenvalue weighted by Crippen LogP contribution is 2.32. The Hall–Kier alpha value is -1.41. The summed E-state index contributed by atoms with van der Waals surface area (Å²) in [6, 6.07) is 0.761. The molecule has 20 heavy (non-hydrogen) atoms. The van der Waals surface area contributed by atoms with Gasteiger partial charge in [0.15, 0.2) is 5.82 Å². The number of rotatable bonds is 1. The van der Waals surface area contributed by atoms with Crippen LogP contribution in [0.3, 0.4) is 0 Å². The summed E-state index contributed by atoms with van der Waals surface area (Å²) in [6.07, 6.45) is -3.86. The number of hydrogen-bond donors (Lipinski definition) is 1. The molecule has 1 N–H and O–H groups in total. The summed E-state index contributed by atoms with van der Waals surface area (Å²) in [5.74, 6) is 1.22. The first-order valence-corrected chi connectivity index (χ1v) is 7.05. The maximum absolute atomic E-state index is 12.5. The third kappa shape index (κ3) is 2.12. The lowest BCUT2D eigenvalue weighted by molar-refractivity contribution is -0.137. The molecule has 3 heterocycles. The molecule has 0 unspecified atom stereocenters. The van der Waals surface area contributed by atoms with E-state index in [-0.39, 0.29) is 16.4 Å². The van der Waals surface area contributed by atoms with E-state index in [0.717, 1.165) is 16.4 Å². The van der Waals surface area contributed by atoms with E-state index in [1.807, 2.05) is 0 Å². The van der Waals surface area contributed by atoms with Gasteiger partial charge in [-0.2, -0.15) is 29.6 Å². The molecule has 0 saturated heterocycles. The average Bonchev–Trinajstić information content (AvgIpc) is 2.92. The molecular formula is C11H7ClF3N3OS. The lowest BCUT2D eigenvalue weighted by atomic mass is 10.3. The minimum Gasteiger partial charge on any atom is -0.292 e. The number of H-pyrrole nitrogens is 1. The van der Waals surface area contributed by atoms with Crippen molar-refractivity contribution >= 4 is 23.4 Å². The Morgan fingerprint density at radius 3 is 2.75 bits per heavy atom. The Morgan fingerprint density at radius 1 is 1.40 bits per heavy atom.